The monoisotopic (exact) mass is 277 g/mol. The Morgan fingerprint density at radius 3 is 2.79 bits per heavy atom. The maximum Gasteiger partial charge on any atom is 0.297 e. The summed E-state index contributed by atoms with van der Waals surface area (Å²) >= 11 is 5.02. The van der Waals surface area contributed by atoms with Crippen molar-refractivity contribution in [1.82, 2.24) is 15.0 Å². The van der Waals surface area contributed by atoms with E-state index in [1.165, 1.54) is 7.11 Å². The Kier molecular flexibility index (Phi) is 4.46. The number of ether oxygens (including phenoxy) is 2. The largest absolute Gasteiger partial charge is 0.493 e. The van der Waals surface area contributed by atoms with Gasteiger partial charge in [-0.25, -0.2) is 0 Å². The van der Waals surface area contributed by atoms with E-state index in [9.17, 15) is 0 Å². The van der Waals surface area contributed by atoms with Crippen molar-refractivity contribution in [2.45, 2.75) is 13.3 Å². The Balaban J connectivity index is 2.46. The maximum absolute atomic E-state index is 5.70. The highest BCUT2D eigenvalue weighted by molar-refractivity contribution is 7.71. The lowest BCUT2D eigenvalue weighted by molar-refractivity contribution is 0.318. The SMILES string of the molecule is CCCOc1ccccc1-c1nc(=S)nc(OC)[nH]1. The summed E-state index contributed by atoms with van der Waals surface area (Å²) in [5.74, 6) is 1.35. The fourth-order valence-corrected chi connectivity index (χ4v) is 1.76. The molecule has 0 saturated carbocycles. The van der Waals surface area contributed by atoms with Crippen LogP contribution < -0.4 is 9.47 Å². The molecule has 19 heavy (non-hydrogen) atoms. The number of rotatable bonds is 5. The zero-order chi connectivity index (χ0) is 13.7. The average molecular weight is 277 g/mol. The topological polar surface area (TPSA) is 60.0 Å². The summed E-state index contributed by atoms with van der Waals surface area (Å²) in [5.41, 5.74) is 0.836. The van der Waals surface area contributed by atoms with Crippen molar-refractivity contribution in [3.63, 3.8) is 0 Å². The van der Waals surface area contributed by atoms with Crippen LogP contribution in [0.25, 0.3) is 11.4 Å². The lowest BCUT2D eigenvalue weighted by Gasteiger charge is -2.10. The molecule has 1 aromatic carbocycles. The van der Waals surface area contributed by atoms with Crippen molar-refractivity contribution < 1.29 is 9.47 Å². The summed E-state index contributed by atoms with van der Waals surface area (Å²) in [6.45, 7) is 2.71. The van der Waals surface area contributed by atoms with E-state index in [0.29, 0.717) is 18.4 Å². The molecule has 0 aliphatic carbocycles. The van der Waals surface area contributed by atoms with Crippen LogP contribution in [0.15, 0.2) is 24.3 Å². The summed E-state index contributed by atoms with van der Waals surface area (Å²) < 4.78 is 11.0. The van der Waals surface area contributed by atoms with Crippen LogP contribution in [0.1, 0.15) is 13.3 Å². The third-order valence-electron chi connectivity index (χ3n) is 2.43. The molecule has 5 nitrogen and oxygen atoms in total. The number of nitrogens with one attached hydrogen (secondary N) is 1. The van der Waals surface area contributed by atoms with Gasteiger partial charge in [-0.05, 0) is 30.8 Å². The van der Waals surface area contributed by atoms with Crippen LogP contribution in [-0.2, 0) is 0 Å². The Hall–Kier alpha value is -1.95. The lowest BCUT2D eigenvalue weighted by atomic mass is 10.2. The van der Waals surface area contributed by atoms with Gasteiger partial charge < -0.3 is 9.47 Å². The lowest BCUT2D eigenvalue weighted by Crippen LogP contribution is -2.01. The predicted octanol–water partition coefficient (Wildman–Crippen LogP) is 3.00. The van der Waals surface area contributed by atoms with Crippen LogP contribution in [-0.4, -0.2) is 28.7 Å². The number of para-hydroxylation sites is 1. The van der Waals surface area contributed by atoms with Crippen LogP contribution in [0, 0.1) is 4.77 Å². The van der Waals surface area contributed by atoms with Crippen LogP contribution in [0.5, 0.6) is 11.8 Å². The molecule has 2 rings (SSSR count). The second kappa shape index (κ2) is 6.29. The minimum absolute atomic E-state index is 0.232. The molecule has 0 bridgehead atoms. The third-order valence-corrected chi connectivity index (χ3v) is 2.61. The van der Waals surface area contributed by atoms with E-state index in [1.807, 2.05) is 24.3 Å². The van der Waals surface area contributed by atoms with Gasteiger partial charge in [0.1, 0.15) is 11.6 Å². The number of hydrogen-bond donors (Lipinski definition) is 1. The number of aromatic nitrogens is 3. The number of methoxy groups -OCH3 is 1. The molecule has 0 aliphatic rings. The smallest absolute Gasteiger partial charge is 0.297 e. The molecule has 0 atom stereocenters. The van der Waals surface area contributed by atoms with Gasteiger partial charge in [0.2, 0.25) is 4.77 Å². The first-order chi connectivity index (χ1) is 9.24. The number of H-pyrrole nitrogens is 1. The van der Waals surface area contributed by atoms with Crippen LogP contribution in [0.3, 0.4) is 0 Å². The highest BCUT2D eigenvalue weighted by Gasteiger charge is 2.09. The van der Waals surface area contributed by atoms with Gasteiger partial charge in [0.05, 0.1) is 19.3 Å². The van der Waals surface area contributed by atoms with Gasteiger partial charge in [-0.3, -0.25) is 4.98 Å². The van der Waals surface area contributed by atoms with Crippen molar-refractivity contribution in [3.8, 4) is 23.1 Å². The Morgan fingerprint density at radius 2 is 2.05 bits per heavy atom. The summed E-state index contributed by atoms with van der Waals surface area (Å²) in [7, 11) is 1.52. The third kappa shape index (κ3) is 3.29. The van der Waals surface area contributed by atoms with Gasteiger partial charge in [-0.1, -0.05) is 19.1 Å². The highest BCUT2D eigenvalue weighted by Crippen LogP contribution is 2.27. The van der Waals surface area contributed by atoms with Gasteiger partial charge in [-0.2, -0.15) is 9.97 Å². The standard InChI is InChI=1S/C13H15N3O2S/c1-3-8-18-10-7-5-4-6-9(10)11-14-12(17-2)16-13(19)15-11/h4-7H,3,8H2,1-2H3,(H,14,15,16,19). The fraction of sp³-hybridized carbons (Fsp3) is 0.308. The Labute approximate surface area is 116 Å². The van der Waals surface area contributed by atoms with E-state index in [-0.39, 0.29) is 4.77 Å². The first-order valence-corrected chi connectivity index (χ1v) is 6.40. The number of aromatic amines is 1. The zero-order valence-corrected chi connectivity index (χ0v) is 11.7. The van der Waals surface area contributed by atoms with E-state index in [1.54, 1.807) is 0 Å². The molecule has 2 aromatic rings. The summed E-state index contributed by atoms with van der Waals surface area (Å²) in [6.07, 6.45) is 0.942. The molecular weight excluding hydrogens is 262 g/mol. The molecule has 0 aliphatic heterocycles. The average Bonchev–Trinajstić information content (AvgIpc) is 2.44. The van der Waals surface area contributed by atoms with E-state index >= 15 is 0 Å². The number of benzene rings is 1. The first-order valence-electron chi connectivity index (χ1n) is 5.99. The molecule has 1 aromatic heterocycles. The second-order valence-corrected chi connectivity index (χ2v) is 4.20. The van der Waals surface area contributed by atoms with E-state index in [2.05, 4.69) is 21.9 Å². The first kappa shape index (κ1) is 13.5. The Bertz CT molecular complexity index is 613. The van der Waals surface area contributed by atoms with Gasteiger partial charge in [0.25, 0.3) is 6.01 Å². The number of nitrogens with zero attached hydrogens (tertiary/aromatic N) is 2. The van der Waals surface area contributed by atoms with Gasteiger partial charge in [0.15, 0.2) is 0 Å². The zero-order valence-electron chi connectivity index (χ0n) is 10.8. The summed E-state index contributed by atoms with van der Waals surface area (Å²) in [6, 6.07) is 7.98. The maximum atomic E-state index is 5.70. The van der Waals surface area contributed by atoms with E-state index in [0.717, 1.165) is 17.7 Å². The normalized spacial score (nSPS) is 10.2. The molecule has 0 radical (unpaired) electrons. The quantitative estimate of drug-likeness (QED) is 0.851. The van der Waals surface area contributed by atoms with E-state index in [4.69, 9.17) is 21.7 Å². The van der Waals surface area contributed by atoms with Crippen LogP contribution >= 0.6 is 12.2 Å². The van der Waals surface area contributed by atoms with E-state index < -0.39 is 0 Å². The molecule has 0 spiro atoms. The highest BCUT2D eigenvalue weighted by atomic mass is 32.1. The number of hydrogen-bond acceptors (Lipinski definition) is 5. The summed E-state index contributed by atoms with van der Waals surface area (Å²) in [4.78, 5) is 11.1. The minimum atomic E-state index is 0.232. The van der Waals surface area contributed by atoms with Crippen molar-refractivity contribution >= 4 is 12.2 Å². The molecule has 6 heteroatoms. The van der Waals surface area contributed by atoms with Crippen molar-refractivity contribution in [1.29, 1.82) is 0 Å². The van der Waals surface area contributed by atoms with Gasteiger partial charge >= 0.3 is 0 Å². The second-order valence-electron chi connectivity index (χ2n) is 3.83. The van der Waals surface area contributed by atoms with Crippen LogP contribution in [0.2, 0.25) is 0 Å². The molecule has 0 unspecified atom stereocenters. The minimum Gasteiger partial charge on any atom is -0.493 e. The molecule has 1 N–H and O–H groups in total. The molecule has 0 fully saturated rings. The molecule has 0 saturated heterocycles. The van der Waals surface area contributed by atoms with Crippen molar-refractivity contribution in [2.75, 3.05) is 13.7 Å². The van der Waals surface area contributed by atoms with Crippen LogP contribution in [0.4, 0.5) is 0 Å². The Morgan fingerprint density at radius 1 is 1.26 bits per heavy atom. The summed E-state index contributed by atoms with van der Waals surface area (Å²) in [5, 5.41) is 0. The van der Waals surface area contributed by atoms with Gasteiger partial charge in [-0.15, -0.1) is 0 Å². The van der Waals surface area contributed by atoms with Crippen molar-refractivity contribution in [2.24, 2.45) is 0 Å². The molecule has 100 valence electrons. The predicted molar refractivity (Wildman–Crippen MR) is 75.0 cm³/mol. The fourth-order valence-electron chi connectivity index (χ4n) is 1.59. The molecular formula is C13H15N3O2S. The van der Waals surface area contributed by atoms with Crippen molar-refractivity contribution in [3.05, 3.63) is 29.0 Å². The van der Waals surface area contributed by atoms with Gasteiger partial charge in [0, 0.05) is 0 Å². The molecule has 1 heterocycles. The molecule has 0 amide bonds.